The van der Waals surface area contributed by atoms with Gasteiger partial charge in [-0.25, -0.2) is 0 Å². The zero-order valence-corrected chi connectivity index (χ0v) is 14.1. The number of hydrogen-bond donors (Lipinski definition) is 4. The van der Waals surface area contributed by atoms with Gasteiger partial charge in [-0.3, -0.25) is 0 Å². The van der Waals surface area contributed by atoms with Gasteiger partial charge in [0.2, 0.25) is 5.79 Å². The number of aliphatic hydroxyl groups is 1. The van der Waals surface area contributed by atoms with Crippen molar-refractivity contribution in [3.05, 3.63) is 59.2 Å². The number of nitrogens with zero attached hydrogens (tertiary/aromatic N) is 1. The van der Waals surface area contributed by atoms with Crippen molar-refractivity contribution in [1.82, 2.24) is 5.32 Å². The zero-order chi connectivity index (χ0) is 17.9. The van der Waals surface area contributed by atoms with Crippen LogP contribution in [0.4, 0.5) is 0 Å². The number of rotatable bonds is 6. The zero-order valence-electron chi connectivity index (χ0n) is 14.1. The maximum atomic E-state index is 10.1. The Hall–Kier alpha value is -2.57. The van der Waals surface area contributed by atoms with E-state index < -0.39 is 5.79 Å². The minimum atomic E-state index is -1.18. The third kappa shape index (κ3) is 4.10. The topological polar surface area (TPSA) is 94.3 Å². The molecule has 0 bridgehead atoms. The summed E-state index contributed by atoms with van der Waals surface area (Å²) in [6.45, 7) is 3.12. The Morgan fingerprint density at radius 1 is 1.04 bits per heavy atom. The fraction of sp³-hybridized carbons (Fsp3) is 0.316. The Balaban J connectivity index is 1.54. The lowest BCUT2D eigenvalue weighted by Crippen LogP contribution is -2.27. The summed E-state index contributed by atoms with van der Waals surface area (Å²) in [4.78, 5) is 5.11. The Bertz CT molecular complexity index is 773. The van der Waals surface area contributed by atoms with E-state index in [1.54, 1.807) is 12.1 Å². The summed E-state index contributed by atoms with van der Waals surface area (Å²) >= 11 is 0. The van der Waals surface area contributed by atoms with Crippen LogP contribution in [-0.4, -0.2) is 26.8 Å². The van der Waals surface area contributed by atoms with Crippen LogP contribution in [0, 0.1) is 0 Å². The number of aromatic hydroxyl groups is 2. The van der Waals surface area contributed by atoms with Crippen molar-refractivity contribution in [3.8, 4) is 11.5 Å². The van der Waals surface area contributed by atoms with E-state index in [9.17, 15) is 15.3 Å². The quantitative estimate of drug-likeness (QED) is 0.606. The molecule has 4 N–H and O–H groups in total. The van der Waals surface area contributed by atoms with Crippen molar-refractivity contribution >= 4 is 5.71 Å². The second-order valence-corrected chi connectivity index (χ2v) is 6.23. The predicted molar refractivity (Wildman–Crippen MR) is 94.2 cm³/mol. The molecule has 0 aromatic heterocycles. The Kier molecular flexibility index (Phi) is 4.92. The molecule has 132 valence electrons. The van der Waals surface area contributed by atoms with E-state index in [1.165, 1.54) is 6.07 Å². The lowest BCUT2D eigenvalue weighted by Gasteiger charge is -2.16. The molecule has 6 heteroatoms. The van der Waals surface area contributed by atoms with Crippen LogP contribution in [0.3, 0.4) is 0 Å². The monoisotopic (exact) mass is 342 g/mol. The minimum absolute atomic E-state index is 0.116. The molecule has 0 amide bonds. The van der Waals surface area contributed by atoms with Gasteiger partial charge in [0, 0.05) is 19.5 Å². The smallest absolute Gasteiger partial charge is 0.239 e. The standard InChI is InChI=1S/C19H22N2O4/c1-2-19(24)10-16(21-25-19)15-6-3-13(4-7-15)11-20-12-14-5-8-17(22)18(23)9-14/h3-9,20,22-24H,2,10-12H2,1H3. The molecule has 6 nitrogen and oxygen atoms in total. The summed E-state index contributed by atoms with van der Waals surface area (Å²) < 4.78 is 0. The fourth-order valence-corrected chi connectivity index (χ4v) is 2.66. The molecule has 3 rings (SSSR count). The molecular formula is C19H22N2O4. The summed E-state index contributed by atoms with van der Waals surface area (Å²) in [5, 5.41) is 36.1. The summed E-state index contributed by atoms with van der Waals surface area (Å²) in [7, 11) is 0. The van der Waals surface area contributed by atoms with Gasteiger partial charge in [0.15, 0.2) is 11.5 Å². The molecule has 1 heterocycles. The normalized spacial score (nSPS) is 19.5. The molecular weight excluding hydrogens is 320 g/mol. The van der Waals surface area contributed by atoms with Crippen LogP contribution in [0.15, 0.2) is 47.6 Å². The van der Waals surface area contributed by atoms with Crippen LogP contribution in [0.25, 0.3) is 0 Å². The van der Waals surface area contributed by atoms with E-state index in [-0.39, 0.29) is 11.5 Å². The van der Waals surface area contributed by atoms with Gasteiger partial charge < -0.3 is 25.5 Å². The fourth-order valence-electron chi connectivity index (χ4n) is 2.66. The van der Waals surface area contributed by atoms with Crippen molar-refractivity contribution in [2.45, 2.75) is 38.6 Å². The number of oxime groups is 1. The predicted octanol–water partition coefficient (Wildman–Crippen LogP) is 2.61. The SMILES string of the molecule is CCC1(O)CC(c2ccc(CNCc3ccc(O)c(O)c3)cc2)=NO1. The van der Waals surface area contributed by atoms with Gasteiger partial charge in [-0.15, -0.1) is 0 Å². The van der Waals surface area contributed by atoms with Crippen molar-refractivity contribution in [2.75, 3.05) is 0 Å². The second-order valence-electron chi connectivity index (χ2n) is 6.23. The number of phenols is 2. The van der Waals surface area contributed by atoms with Gasteiger partial charge >= 0.3 is 0 Å². The molecule has 1 unspecified atom stereocenters. The van der Waals surface area contributed by atoms with E-state index in [0.717, 1.165) is 22.4 Å². The molecule has 1 aliphatic heterocycles. The highest BCUT2D eigenvalue weighted by Gasteiger charge is 2.35. The van der Waals surface area contributed by atoms with E-state index in [0.29, 0.717) is 25.9 Å². The maximum absolute atomic E-state index is 10.1. The molecule has 0 saturated carbocycles. The first-order valence-corrected chi connectivity index (χ1v) is 8.27. The number of phenolic OH excluding ortho intramolecular Hbond substituents is 2. The van der Waals surface area contributed by atoms with Crippen LogP contribution >= 0.6 is 0 Å². The molecule has 2 aromatic rings. The first kappa shape index (κ1) is 17.3. The van der Waals surface area contributed by atoms with Crippen LogP contribution in [0.2, 0.25) is 0 Å². The van der Waals surface area contributed by atoms with Crippen molar-refractivity contribution in [1.29, 1.82) is 0 Å². The first-order chi connectivity index (χ1) is 12.0. The van der Waals surface area contributed by atoms with Crippen molar-refractivity contribution < 1.29 is 20.2 Å². The molecule has 0 aliphatic carbocycles. The number of benzene rings is 2. The minimum Gasteiger partial charge on any atom is -0.504 e. The van der Waals surface area contributed by atoms with E-state index in [2.05, 4.69) is 10.5 Å². The molecule has 0 fully saturated rings. The van der Waals surface area contributed by atoms with Gasteiger partial charge in [-0.05, 0) is 28.8 Å². The van der Waals surface area contributed by atoms with Gasteiger partial charge in [-0.1, -0.05) is 42.4 Å². The van der Waals surface area contributed by atoms with Gasteiger partial charge in [0.25, 0.3) is 0 Å². The average molecular weight is 342 g/mol. The Labute approximate surface area is 146 Å². The van der Waals surface area contributed by atoms with Crippen LogP contribution < -0.4 is 5.32 Å². The molecule has 1 aliphatic rings. The molecule has 1 atom stereocenters. The summed E-state index contributed by atoms with van der Waals surface area (Å²) in [5.74, 6) is -1.41. The van der Waals surface area contributed by atoms with Gasteiger partial charge in [0.1, 0.15) is 0 Å². The Morgan fingerprint density at radius 3 is 2.36 bits per heavy atom. The van der Waals surface area contributed by atoms with E-state index >= 15 is 0 Å². The lowest BCUT2D eigenvalue weighted by molar-refractivity contribution is -0.186. The van der Waals surface area contributed by atoms with Gasteiger partial charge in [-0.2, -0.15) is 0 Å². The summed E-state index contributed by atoms with van der Waals surface area (Å²) in [5.41, 5.74) is 3.69. The molecule has 25 heavy (non-hydrogen) atoms. The summed E-state index contributed by atoms with van der Waals surface area (Å²) in [6.07, 6.45) is 0.889. The number of hydrogen-bond acceptors (Lipinski definition) is 6. The highest BCUT2D eigenvalue weighted by Crippen LogP contribution is 2.27. The number of nitrogens with one attached hydrogen (secondary N) is 1. The Morgan fingerprint density at radius 2 is 1.72 bits per heavy atom. The van der Waals surface area contributed by atoms with Gasteiger partial charge in [0.05, 0.1) is 12.1 Å². The average Bonchev–Trinajstić information content (AvgIpc) is 3.02. The first-order valence-electron chi connectivity index (χ1n) is 8.27. The molecule has 2 aromatic carbocycles. The van der Waals surface area contributed by atoms with Crippen LogP contribution in [0.1, 0.15) is 36.5 Å². The molecule has 0 spiro atoms. The van der Waals surface area contributed by atoms with E-state index in [1.807, 2.05) is 31.2 Å². The molecule has 0 radical (unpaired) electrons. The summed E-state index contributed by atoms with van der Waals surface area (Å²) in [6, 6.07) is 12.7. The highest BCUT2D eigenvalue weighted by molar-refractivity contribution is 6.01. The van der Waals surface area contributed by atoms with E-state index in [4.69, 9.17) is 4.84 Å². The lowest BCUT2D eigenvalue weighted by atomic mass is 10.0. The third-order valence-electron chi connectivity index (χ3n) is 4.31. The van der Waals surface area contributed by atoms with Crippen LogP contribution in [0.5, 0.6) is 11.5 Å². The molecule has 0 saturated heterocycles. The maximum Gasteiger partial charge on any atom is 0.239 e. The highest BCUT2D eigenvalue weighted by atomic mass is 16.7. The second kappa shape index (κ2) is 7.13. The van der Waals surface area contributed by atoms with Crippen molar-refractivity contribution in [2.24, 2.45) is 5.16 Å². The van der Waals surface area contributed by atoms with Crippen molar-refractivity contribution in [3.63, 3.8) is 0 Å². The third-order valence-corrected chi connectivity index (χ3v) is 4.31. The van der Waals surface area contributed by atoms with Crippen LogP contribution in [-0.2, 0) is 17.9 Å². The largest absolute Gasteiger partial charge is 0.504 e.